The third-order valence-electron chi connectivity index (χ3n) is 5.20. The Morgan fingerprint density at radius 1 is 1.19 bits per heavy atom. The third kappa shape index (κ3) is 5.11. The number of benzene rings is 2. The average Bonchev–Trinajstić information content (AvgIpc) is 2.73. The van der Waals surface area contributed by atoms with Crippen LogP contribution in [0.3, 0.4) is 0 Å². The molecule has 0 unspecified atom stereocenters. The number of sulfonamides is 1. The fourth-order valence-electron chi connectivity index (χ4n) is 3.45. The summed E-state index contributed by atoms with van der Waals surface area (Å²) in [6, 6.07) is 9.05. The third-order valence-corrected chi connectivity index (χ3v) is 6.93. The van der Waals surface area contributed by atoms with Crippen molar-refractivity contribution in [1.82, 2.24) is 4.72 Å². The van der Waals surface area contributed by atoms with Crippen molar-refractivity contribution in [2.75, 3.05) is 23.9 Å². The minimum absolute atomic E-state index is 0.124. The molecule has 31 heavy (non-hydrogen) atoms. The van der Waals surface area contributed by atoms with Crippen molar-refractivity contribution in [3.8, 4) is 0 Å². The number of ether oxygens (including phenoxy) is 1. The molecule has 0 bridgehead atoms. The fraction of sp³-hybridized carbons (Fsp3) is 0.333. The molecule has 2 aromatic carbocycles. The van der Waals surface area contributed by atoms with Crippen LogP contribution in [0.25, 0.3) is 0 Å². The van der Waals surface area contributed by atoms with Gasteiger partial charge in [0.15, 0.2) is 0 Å². The highest BCUT2D eigenvalue weighted by Gasteiger charge is 2.27. The normalized spacial score (nSPS) is 14.4. The molecular weight excluding hydrogens is 442 g/mol. The Hall–Kier alpha value is -2.78. The summed E-state index contributed by atoms with van der Waals surface area (Å²) in [5.74, 6) is -0.219. The lowest BCUT2D eigenvalue weighted by atomic mass is 9.98. The highest BCUT2D eigenvalue weighted by atomic mass is 35.5. The minimum Gasteiger partial charge on any atom is -0.452 e. The van der Waals surface area contributed by atoms with Crippen LogP contribution >= 0.6 is 11.6 Å². The first-order chi connectivity index (χ1) is 14.6. The maximum atomic E-state index is 12.9. The molecule has 0 aromatic heterocycles. The SMILES string of the molecule is COC(=O)NS(=O)(=O)c1ccc(NC(=O)[C@@H](C)N2CCCc3cc(Cl)c(C)cc32)cc1. The highest BCUT2D eigenvalue weighted by Crippen LogP contribution is 2.33. The van der Waals surface area contributed by atoms with Crippen LogP contribution in [0.15, 0.2) is 41.3 Å². The van der Waals surface area contributed by atoms with Crippen LogP contribution in [0.1, 0.15) is 24.5 Å². The molecule has 166 valence electrons. The lowest BCUT2D eigenvalue weighted by molar-refractivity contribution is -0.117. The Labute approximate surface area is 186 Å². The Morgan fingerprint density at radius 2 is 1.87 bits per heavy atom. The first kappa shape index (κ1) is 22.9. The van der Waals surface area contributed by atoms with E-state index in [9.17, 15) is 18.0 Å². The molecule has 1 aliphatic rings. The Balaban J connectivity index is 1.73. The summed E-state index contributed by atoms with van der Waals surface area (Å²) >= 11 is 6.25. The molecule has 2 amide bonds. The summed E-state index contributed by atoms with van der Waals surface area (Å²) in [5, 5.41) is 3.53. The van der Waals surface area contributed by atoms with Gasteiger partial charge in [0.05, 0.1) is 12.0 Å². The van der Waals surface area contributed by atoms with Gasteiger partial charge in [-0.15, -0.1) is 0 Å². The van der Waals surface area contributed by atoms with E-state index < -0.39 is 22.2 Å². The number of methoxy groups -OCH3 is 1. The first-order valence-corrected chi connectivity index (χ1v) is 11.6. The van der Waals surface area contributed by atoms with Gasteiger partial charge in [-0.1, -0.05) is 11.6 Å². The van der Waals surface area contributed by atoms with Gasteiger partial charge in [0, 0.05) is 22.9 Å². The molecule has 0 saturated carbocycles. The number of nitrogens with one attached hydrogen (secondary N) is 2. The Morgan fingerprint density at radius 3 is 2.52 bits per heavy atom. The lowest BCUT2D eigenvalue weighted by Gasteiger charge is -2.36. The summed E-state index contributed by atoms with van der Waals surface area (Å²) in [4.78, 5) is 26.0. The number of anilines is 2. The number of carbonyl (C=O) groups is 2. The number of nitrogens with zero attached hydrogens (tertiary/aromatic N) is 1. The molecule has 1 aliphatic heterocycles. The van der Waals surface area contributed by atoms with E-state index in [1.54, 1.807) is 4.72 Å². The van der Waals surface area contributed by atoms with Gasteiger partial charge in [0.25, 0.3) is 10.0 Å². The topological polar surface area (TPSA) is 105 Å². The maximum absolute atomic E-state index is 12.9. The summed E-state index contributed by atoms with van der Waals surface area (Å²) < 4.78 is 30.3. The standard InChI is InChI=1S/C21H24ClN3O5S/c1-13-11-19-15(12-18(13)22)5-4-10-25(19)14(2)20(26)23-16-6-8-17(9-7-16)31(28,29)24-21(27)30-3/h6-9,11-12,14H,4-5,10H2,1-3H3,(H,23,26)(H,24,27)/t14-/m1/s1. The van der Waals surface area contributed by atoms with Gasteiger partial charge in [-0.25, -0.2) is 17.9 Å². The van der Waals surface area contributed by atoms with Gasteiger partial charge in [0.2, 0.25) is 5.91 Å². The van der Waals surface area contributed by atoms with Crippen molar-refractivity contribution in [3.63, 3.8) is 0 Å². The van der Waals surface area contributed by atoms with E-state index in [2.05, 4.69) is 15.0 Å². The van der Waals surface area contributed by atoms with Crippen molar-refractivity contribution in [2.45, 2.75) is 37.6 Å². The monoisotopic (exact) mass is 465 g/mol. The number of halogens is 1. The summed E-state index contributed by atoms with van der Waals surface area (Å²) in [7, 11) is -2.98. The predicted octanol–water partition coefficient (Wildman–Crippen LogP) is 3.47. The van der Waals surface area contributed by atoms with Crippen LogP contribution in [0.4, 0.5) is 16.2 Å². The molecule has 0 radical (unpaired) electrons. The van der Waals surface area contributed by atoms with Gasteiger partial charge in [-0.05, 0) is 74.2 Å². The van der Waals surface area contributed by atoms with Crippen LogP contribution in [-0.4, -0.2) is 40.1 Å². The van der Waals surface area contributed by atoms with E-state index in [1.165, 1.54) is 24.3 Å². The van der Waals surface area contributed by atoms with Crippen molar-refractivity contribution >= 4 is 45.0 Å². The zero-order valence-corrected chi connectivity index (χ0v) is 19.0. The van der Waals surface area contributed by atoms with Gasteiger partial charge in [0.1, 0.15) is 6.04 Å². The van der Waals surface area contributed by atoms with Gasteiger partial charge in [-0.2, -0.15) is 0 Å². The van der Waals surface area contributed by atoms with Gasteiger partial charge in [-0.3, -0.25) is 4.79 Å². The van der Waals surface area contributed by atoms with Crippen LogP contribution in [-0.2, 0) is 26.0 Å². The molecule has 1 heterocycles. The predicted molar refractivity (Wildman–Crippen MR) is 119 cm³/mol. The van der Waals surface area contributed by atoms with E-state index in [4.69, 9.17) is 11.6 Å². The number of rotatable bonds is 5. The quantitative estimate of drug-likeness (QED) is 0.700. The summed E-state index contributed by atoms with van der Waals surface area (Å²) in [6.45, 7) is 4.51. The second-order valence-electron chi connectivity index (χ2n) is 7.31. The van der Waals surface area contributed by atoms with Crippen molar-refractivity contribution < 1.29 is 22.7 Å². The van der Waals surface area contributed by atoms with Crippen LogP contribution in [0.5, 0.6) is 0 Å². The molecule has 2 aromatic rings. The minimum atomic E-state index is -4.05. The van der Waals surface area contributed by atoms with Crippen molar-refractivity contribution in [1.29, 1.82) is 0 Å². The molecule has 3 rings (SSSR count). The first-order valence-electron chi connectivity index (χ1n) is 9.69. The molecule has 0 fully saturated rings. The fourth-order valence-corrected chi connectivity index (χ4v) is 4.55. The number of amides is 2. The molecule has 8 nitrogen and oxygen atoms in total. The van der Waals surface area contributed by atoms with Gasteiger partial charge >= 0.3 is 6.09 Å². The smallest absolute Gasteiger partial charge is 0.420 e. The molecule has 1 atom stereocenters. The second kappa shape index (κ2) is 9.15. The van der Waals surface area contributed by atoms with Crippen LogP contribution in [0, 0.1) is 6.92 Å². The van der Waals surface area contributed by atoms with Crippen LogP contribution in [0.2, 0.25) is 5.02 Å². The zero-order valence-electron chi connectivity index (χ0n) is 17.4. The zero-order chi connectivity index (χ0) is 22.8. The van der Waals surface area contributed by atoms with Crippen molar-refractivity contribution in [2.24, 2.45) is 0 Å². The number of carbonyl (C=O) groups excluding carboxylic acids is 2. The largest absolute Gasteiger partial charge is 0.452 e. The maximum Gasteiger partial charge on any atom is 0.420 e. The van der Waals surface area contributed by atoms with Gasteiger partial charge < -0.3 is 15.0 Å². The molecule has 2 N–H and O–H groups in total. The van der Waals surface area contributed by atoms with E-state index in [0.29, 0.717) is 5.69 Å². The van der Waals surface area contributed by atoms with E-state index in [-0.39, 0.29) is 10.8 Å². The Bertz CT molecular complexity index is 1100. The number of hydrogen-bond acceptors (Lipinski definition) is 6. The average molecular weight is 466 g/mol. The van der Waals surface area contributed by atoms with Crippen molar-refractivity contribution in [3.05, 3.63) is 52.5 Å². The van der Waals surface area contributed by atoms with E-state index >= 15 is 0 Å². The molecule has 0 spiro atoms. The van der Waals surface area contributed by atoms with E-state index in [1.807, 2.05) is 26.0 Å². The summed E-state index contributed by atoms with van der Waals surface area (Å²) in [6.07, 6.45) is 0.754. The molecule has 0 saturated heterocycles. The summed E-state index contributed by atoms with van der Waals surface area (Å²) in [5.41, 5.74) is 3.52. The van der Waals surface area contributed by atoms with E-state index in [0.717, 1.165) is 48.3 Å². The lowest BCUT2D eigenvalue weighted by Crippen LogP contribution is -2.44. The number of aryl methyl sites for hydroxylation is 2. The number of hydrogen-bond donors (Lipinski definition) is 2. The molecular formula is C21H24ClN3O5S. The van der Waals surface area contributed by atoms with Crippen LogP contribution < -0.4 is 14.9 Å². The number of fused-ring (bicyclic) bond motifs is 1. The molecule has 0 aliphatic carbocycles. The Kier molecular flexibility index (Phi) is 6.76. The second-order valence-corrected chi connectivity index (χ2v) is 9.40. The highest BCUT2D eigenvalue weighted by molar-refractivity contribution is 7.90. The molecule has 10 heteroatoms.